The van der Waals surface area contributed by atoms with Crippen molar-refractivity contribution >= 4 is 10.9 Å². The molecule has 0 aliphatic heterocycles. The number of halogens is 1. The summed E-state index contributed by atoms with van der Waals surface area (Å²) in [5.41, 5.74) is 1.98. The number of hydrogen-bond donors (Lipinski definition) is 0. The molecule has 3 rings (SSSR count). The van der Waals surface area contributed by atoms with Crippen LogP contribution in [0.2, 0.25) is 0 Å². The quantitative estimate of drug-likeness (QED) is 0.668. The van der Waals surface area contributed by atoms with Gasteiger partial charge in [0.05, 0.1) is 11.6 Å². The van der Waals surface area contributed by atoms with Crippen LogP contribution in [0.25, 0.3) is 10.9 Å². The second-order valence-corrected chi connectivity index (χ2v) is 4.32. The molecule has 0 saturated carbocycles. The van der Waals surface area contributed by atoms with Gasteiger partial charge in [0.2, 0.25) is 0 Å². The van der Waals surface area contributed by atoms with Crippen LogP contribution in [-0.4, -0.2) is 9.78 Å². The first kappa shape index (κ1) is 11.0. The van der Waals surface area contributed by atoms with Crippen molar-refractivity contribution in [1.29, 1.82) is 0 Å². The van der Waals surface area contributed by atoms with E-state index in [9.17, 15) is 4.39 Å². The molecule has 0 spiro atoms. The van der Waals surface area contributed by atoms with Crippen LogP contribution in [0.3, 0.4) is 0 Å². The van der Waals surface area contributed by atoms with Crippen molar-refractivity contribution in [2.75, 3.05) is 0 Å². The number of fused-ring (bicyclic) bond motifs is 1. The van der Waals surface area contributed by atoms with E-state index in [1.54, 1.807) is 12.1 Å². The molecule has 1 heterocycles. The third-order valence-corrected chi connectivity index (χ3v) is 3.12. The van der Waals surface area contributed by atoms with Gasteiger partial charge in [-0.2, -0.15) is 5.10 Å². The summed E-state index contributed by atoms with van der Waals surface area (Å²) in [5, 5.41) is 5.58. The van der Waals surface area contributed by atoms with Gasteiger partial charge in [-0.25, -0.2) is 4.39 Å². The second kappa shape index (κ2) is 4.26. The van der Waals surface area contributed by atoms with Gasteiger partial charge in [0.1, 0.15) is 5.82 Å². The predicted molar refractivity (Wildman–Crippen MR) is 68.8 cm³/mol. The summed E-state index contributed by atoms with van der Waals surface area (Å²) in [4.78, 5) is 0. The normalized spacial score (nSPS) is 12.8. The summed E-state index contributed by atoms with van der Waals surface area (Å²) >= 11 is 0. The average molecular weight is 239 g/mol. The van der Waals surface area contributed by atoms with Crippen molar-refractivity contribution < 1.29 is 4.39 Å². The Kier molecular flexibility index (Phi) is 2.59. The molecule has 1 unspecified atom stereocenters. The molecule has 0 fully saturated rings. The lowest BCUT2D eigenvalue weighted by molar-refractivity contribution is 0.566. The fraction of sp³-hybridized carbons (Fsp3) is 0.133. The largest absolute Gasteiger partial charge is 0.264 e. The molecule has 1 radical (unpaired) electrons. The molecule has 2 nitrogen and oxygen atoms in total. The van der Waals surface area contributed by atoms with Crippen LogP contribution >= 0.6 is 0 Å². The van der Waals surface area contributed by atoms with E-state index in [-0.39, 0.29) is 11.9 Å². The highest BCUT2D eigenvalue weighted by atomic mass is 19.1. The summed E-state index contributed by atoms with van der Waals surface area (Å²) < 4.78 is 14.8. The zero-order valence-electron chi connectivity index (χ0n) is 9.97. The van der Waals surface area contributed by atoms with Gasteiger partial charge in [-0.15, -0.1) is 0 Å². The topological polar surface area (TPSA) is 17.8 Å². The molecule has 18 heavy (non-hydrogen) atoms. The predicted octanol–water partition coefficient (Wildman–Crippen LogP) is 3.58. The maximum Gasteiger partial charge on any atom is 0.123 e. The van der Waals surface area contributed by atoms with E-state index >= 15 is 0 Å². The second-order valence-electron chi connectivity index (χ2n) is 4.32. The summed E-state index contributed by atoms with van der Waals surface area (Å²) in [5.74, 6) is -0.217. The third-order valence-electron chi connectivity index (χ3n) is 3.12. The van der Waals surface area contributed by atoms with Crippen LogP contribution in [0.15, 0.2) is 48.7 Å². The standard InChI is InChI=1S/C15H12FN2/c1-11(12-6-8-14(16)9-7-12)18-10-13-4-2-3-5-15(13)17-18/h3-11H,1H3. The molecule has 0 bridgehead atoms. The molecular weight excluding hydrogens is 227 g/mol. The SMILES string of the molecule is CC(c1ccc(F)cc1)n1cc2c[c]ccc2n1. The van der Waals surface area contributed by atoms with Crippen molar-refractivity contribution in [3.63, 3.8) is 0 Å². The smallest absolute Gasteiger partial charge is 0.123 e. The highest BCUT2D eigenvalue weighted by Gasteiger charge is 2.09. The fourth-order valence-corrected chi connectivity index (χ4v) is 2.02. The van der Waals surface area contributed by atoms with Gasteiger partial charge in [-0.1, -0.05) is 18.2 Å². The van der Waals surface area contributed by atoms with Crippen molar-refractivity contribution in [2.24, 2.45) is 0 Å². The fourth-order valence-electron chi connectivity index (χ4n) is 2.02. The molecule has 0 saturated heterocycles. The van der Waals surface area contributed by atoms with Gasteiger partial charge < -0.3 is 0 Å². The van der Waals surface area contributed by atoms with Crippen molar-refractivity contribution in [3.05, 3.63) is 66.1 Å². The van der Waals surface area contributed by atoms with Crippen LogP contribution < -0.4 is 0 Å². The van der Waals surface area contributed by atoms with E-state index in [1.165, 1.54) is 12.1 Å². The first-order chi connectivity index (χ1) is 8.74. The maximum absolute atomic E-state index is 12.9. The van der Waals surface area contributed by atoms with Crippen LogP contribution in [0.5, 0.6) is 0 Å². The zero-order valence-corrected chi connectivity index (χ0v) is 9.97. The van der Waals surface area contributed by atoms with Gasteiger partial charge in [-0.05, 0) is 42.8 Å². The van der Waals surface area contributed by atoms with Gasteiger partial charge in [-0.3, -0.25) is 4.68 Å². The number of benzene rings is 2. The molecule has 3 heteroatoms. The Morgan fingerprint density at radius 2 is 2.00 bits per heavy atom. The van der Waals surface area contributed by atoms with E-state index in [4.69, 9.17) is 0 Å². The molecule has 3 aromatic rings. The number of nitrogens with zero attached hydrogens (tertiary/aromatic N) is 2. The Bertz CT molecular complexity index is 637. The Morgan fingerprint density at radius 3 is 2.72 bits per heavy atom. The Hall–Kier alpha value is -2.16. The molecule has 1 aromatic heterocycles. The van der Waals surface area contributed by atoms with Crippen LogP contribution in [0.1, 0.15) is 18.5 Å². The Morgan fingerprint density at radius 1 is 1.22 bits per heavy atom. The van der Waals surface area contributed by atoms with Crippen LogP contribution in [-0.2, 0) is 0 Å². The molecule has 0 N–H and O–H groups in total. The van der Waals surface area contributed by atoms with Gasteiger partial charge in [0.15, 0.2) is 0 Å². The van der Waals surface area contributed by atoms with E-state index in [2.05, 4.69) is 11.2 Å². The molecule has 0 aliphatic carbocycles. The van der Waals surface area contributed by atoms with Gasteiger partial charge >= 0.3 is 0 Å². The number of hydrogen-bond acceptors (Lipinski definition) is 1. The van der Waals surface area contributed by atoms with Gasteiger partial charge in [0, 0.05) is 11.6 Å². The Balaban J connectivity index is 2.00. The van der Waals surface area contributed by atoms with E-state index in [1.807, 2.05) is 36.0 Å². The number of aromatic nitrogens is 2. The minimum Gasteiger partial charge on any atom is -0.264 e. The minimum absolute atomic E-state index is 0.0815. The molecule has 1 atom stereocenters. The summed E-state index contributed by atoms with van der Waals surface area (Å²) in [7, 11) is 0. The van der Waals surface area contributed by atoms with E-state index < -0.39 is 0 Å². The average Bonchev–Trinajstić information content (AvgIpc) is 2.82. The lowest BCUT2D eigenvalue weighted by Gasteiger charge is -2.12. The maximum atomic E-state index is 12.9. The van der Waals surface area contributed by atoms with Gasteiger partial charge in [0.25, 0.3) is 0 Å². The first-order valence-electron chi connectivity index (χ1n) is 5.84. The monoisotopic (exact) mass is 239 g/mol. The van der Waals surface area contributed by atoms with Crippen LogP contribution in [0.4, 0.5) is 4.39 Å². The summed E-state index contributed by atoms with van der Waals surface area (Å²) in [6.07, 6.45) is 1.99. The summed E-state index contributed by atoms with van der Waals surface area (Å²) in [6.45, 7) is 2.04. The minimum atomic E-state index is -0.217. The zero-order chi connectivity index (χ0) is 12.5. The van der Waals surface area contributed by atoms with Crippen molar-refractivity contribution in [3.8, 4) is 0 Å². The highest BCUT2D eigenvalue weighted by molar-refractivity contribution is 5.77. The van der Waals surface area contributed by atoms with E-state index in [0.717, 1.165) is 16.5 Å². The van der Waals surface area contributed by atoms with E-state index in [0.29, 0.717) is 0 Å². The van der Waals surface area contributed by atoms with Crippen molar-refractivity contribution in [1.82, 2.24) is 9.78 Å². The van der Waals surface area contributed by atoms with Crippen molar-refractivity contribution in [2.45, 2.75) is 13.0 Å². The number of rotatable bonds is 2. The molecule has 0 amide bonds. The molecule has 2 aromatic carbocycles. The lowest BCUT2D eigenvalue weighted by atomic mass is 10.1. The first-order valence-corrected chi connectivity index (χ1v) is 5.84. The molecule has 0 aliphatic rings. The lowest BCUT2D eigenvalue weighted by Crippen LogP contribution is -2.06. The Labute approximate surface area is 105 Å². The van der Waals surface area contributed by atoms with Crippen LogP contribution in [0, 0.1) is 11.9 Å². The molecule has 89 valence electrons. The highest BCUT2D eigenvalue weighted by Crippen LogP contribution is 2.20. The third kappa shape index (κ3) is 1.88. The molecular formula is C15H12FN2. The summed E-state index contributed by atoms with van der Waals surface area (Å²) in [6, 6.07) is 15.3.